The Hall–Kier alpha value is -2.08. The van der Waals surface area contributed by atoms with Crippen LogP contribution in [-0.4, -0.2) is 10.1 Å². The lowest BCUT2D eigenvalue weighted by Gasteiger charge is -2.11. The normalized spacial score (nSPS) is 10.0. The van der Waals surface area contributed by atoms with Crippen molar-refractivity contribution in [3.8, 4) is 0 Å². The van der Waals surface area contributed by atoms with E-state index in [-0.39, 0.29) is 10.8 Å². The van der Waals surface area contributed by atoms with E-state index in [0.717, 1.165) is 17.7 Å². The van der Waals surface area contributed by atoms with Gasteiger partial charge in [0.15, 0.2) is 5.11 Å². The molecule has 0 saturated heterocycles. The molecule has 2 aromatic rings. The summed E-state index contributed by atoms with van der Waals surface area (Å²) in [7, 11) is 0. The molecular weight excluding hydrogens is 268 g/mol. The Morgan fingerprint density at radius 2 is 2.11 bits per heavy atom. The molecule has 0 atom stereocenters. The van der Waals surface area contributed by atoms with Gasteiger partial charge in [0, 0.05) is 25.0 Å². The Kier molecular flexibility index (Phi) is 4.35. The average molecular weight is 279 g/mol. The molecule has 0 bridgehead atoms. The largest absolute Gasteiger partial charge is 0.358 e. The van der Waals surface area contributed by atoms with Gasteiger partial charge >= 0.3 is 0 Å². The van der Waals surface area contributed by atoms with Crippen molar-refractivity contribution >= 4 is 23.0 Å². The van der Waals surface area contributed by atoms with Gasteiger partial charge in [-0.1, -0.05) is 6.07 Å². The first-order valence-electron chi connectivity index (χ1n) is 5.54. The summed E-state index contributed by atoms with van der Waals surface area (Å²) in [5.74, 6) is -1.32. The molecular formula is C13H11F2N3S. The maximum atomic E-state index is 13.4. The van der Waals surface area contributed by atoms with Gasteiger partial charge in [0.2, 0.25) is 0 Å². The lowest BCUT2D eigenvalue weighted by Crippen LogP contribution is -2.28. The Morgan fingerprint density at radius 3 is 2.79 bits per heavy atom. The summed E-state index contributed by atoms with van der Waals surface area (Å²) >= 11 is 5.02. The van der Waals surface area contributed by atoms with E-state index in [4.69, 9.17) is 12.2 Å². The van der Waals surface area contributed by atoms with Crippen LogP contribution in [0.1, 0.15) is 5.56 Å². The van der Waals surface area contributed by atoms with Crippen molar-refractivity contribution in [1.29, 1.82) is 0 Å². The predicted octanol–water partition coefficient (Wildman–Crippen LogP) is 2.85. The number of halogens is 2. The average Bonchev–Trinajstić information content (AvgIpc) is 2.41. The van der Waals surface area contributed by atoms with Gasteiger partial charge in [0.25, 0.3) is 0 Å². The van der Waals surface area contributed by atoms with Crippen molar-refractivity contribution in [1.82, 2.24) is 10.3 Å². The number of pyridine rings is 1. The van der Waals surface area contributed by atoms with Gasteiger partial charge in [-0.2, -0.15) is 0 Å². The predicted molar refractivity (Wildman–Crippen MR) is 73.7 cm³/mol. The number of hydrogen-bond donors (Lipinski definition) is 2. The topological polar surface area (TPSA) is 37.0 Å². The van der Waals surface area contributed by atoms with Crippen LogP contribution >= 0.6 is 12.2 Å². The number of benzene rings is 1. The molecule has 2 rings (SSSR count). The van der Waals surface area contributed by atoms with E-state index in [2.05, 4.69) is 15.6 Å². The van der Waals surface area contributed by atoms with E-state index in [1.54, 1.807) is 12.4 Å². The third-order valence-corrected chi connectivity index (χ3v) is 2.60. The Balaban J connectivity index is 1.91. The summed E-state index contributed by atoms with van der Waals surface area (Å²) in [6.45, 7) is 0.475. The van der Waals surface area contributed by atoms with Crippen molar-refractivity contribution in [3.05, 3.63) is 59.9 Å². The van der Waals surface area contributed by atoms with Gasteiger partial charge in [0.1, 0.15) is 11.6 Å². The standard InChI is InChI=1S/C13H11F2N3S/c14-10-3-4-12(11(15)6-10)18-13(19)17-8-9-2-1-5-16-7-9/h1-7H,8H2,(H2,17,18,19). The summed E-state index contributed by atoms with van der Waals surface area (Å²) in [5.41, 5.74) is 1.08. The summed E-state index contributed by atoms with van der Waals surface area (Å²) in [4.78, 5) is 3.97. The van der Waals surface area contributed by atoms with Crippen LogP contribution in [0.25, 0.3) is 0 Å². The van der Waals surface area contributed by atoms with Gasteiger partial charge in [-0.25, -0.2) is 8.78 Å². The highest BCUT2D eigenvalue weighted by Crippen LogP contribution is 2.14. The minimum atomic E-state index is -0.689. The van der Waals surface area contributed by atoms with Crippen LogP contribution in [0.4, 0.5) is 14.5 Å². The number of rotatable bonds is 3. The van der Waals surface area contributed by atoms with Crippen LogP contribution in [0.15, 0.2) is 42.7 Å². The molecule has 0 fully saturated rings. The van der Waals surface area contributed by atoms with E-state index in [1.165, 1.54) is 6.07 Å². The fourth-order valence-corrected chi connectivity index (χ4v) is 1.62. The highest BCUT2D eigenvalue weighted by molar-refractivity contribution is 7.80. The van der Waals surface area contributed by atoms with Gasteiger partial charge < -0.3 is 10.6 Å². The van der Waals surface area contributed by atoms with Crippen LogP contribution < -0.4 is 10.6 Å². The van der Waals surface area contributed by atoms with E-state index in [1.807, 2.05) is 12.1 Å². The minimum Gasteiger partial charge on any atom is -0.358 e. The van der Waals surface area contributed by atoms with Gasteiger partial charge in [-0.05, 0) is 36.0 Å². The number of aromatic nitrogens is 1. The zero-order valence-corrected chi connectivity index (χ0v) is 10.7. The SMILES string of the molecule is Fc1ccc(NC(=S)NCc2cccnc2)c(F)c1. The first-order chi connectivity index (χ1) is 9.15. The third-order valence-electron chi connectivity index (χ3n) is 2.36. The monoisotopic (exact) mass is 279 g/mol. The van der Waals surface area contributed by atoms with E-state index in [9.17, 15) is 8.78 Å². The molecule has 0 amide bonds. The second-order valence-electron chi connectivity index (χ2n) is 3.79. The van der Waals surface area contributed by atoms with Crippen LogP contribution in [-0.2, 0) is 6.54 Å². The molecule has 1 aromatic carbocycles. The Labute approximate surface area is 114 Å². The van der Waals surface area contributed by atoms with Crippen molar-refractivity contribution < 1.29 is 8.78 Å². The number of anilines is 1. The van der Waals surface area contributed by atoms with Gasteiger partial charge in [0.05, 0.1) is 5.69 Å². The molecule has 19 heavy (non-hydrogen) atoms. The summed E-state index contributed by atoms with van der Waals surface area (Å²) in [6.07, 6.45) is 3.38. The Morgan fingerprint density at radius 1 is 1.26 bits per heavy atom. The first-order valence-corrected chi connectivity index (χ1v) is 5.95. The highest BCUT2D eigenvalue weighted by Gasteiger charge is 2.05. The second-order valence-corrected chi connectivity index (χ2v) is 4.20. The van der Waals surface area contributed by atoms with Crippen molar-refractivity contribution in [2.75, 3.05) is 5.32 Å². The molecule has 0 unspecified atom stereocenters. The van der Waals surface area contributed by atoms with Crippen LogP contribution in [0.5, 0.6) is 0 Å². The van der Waals surface area contributed by atoms with Crippen LogP contribution in [0, 0.1) is 11.6 Å². The van der Waals surface area contributed by atoms with E-state index < -0.39 is 11.6 Å². The molecule has 2 N–H and O–H groups in total. The summed E-state index contributed by atoms with van der Waals surface area (Å²) in [6, 6.07) is 6.96. The van der Waals surface area contributed by atoms with Gasteiger partial charge in [-0.15, -0.1) is 0 Å². The molecule has 98 valence electrons. The molecule has 0 aliphatic rings. The number of nitrogens with zero attached hydrogens (tertiary/aromatic N) is 1. The number of thiocarbonyl (C=S) groups is 1. The minimum absolute atomic E-state index is 0.130. The zero-order valence-electron chi connectivity index (χ0n) is 9.86. The molecule has 1 heterocycles. The maximum absolute atomic E-state index is 13.4. The van der Waals surface area contributed by atoms with Crippen molar-refractivity contribution in [2.45, 2.75) is 6.54 Å². The third kappa shape index (κ3) is 3.96. The molecule has 1 aromatic heterocycles. The number of nitrogens with one attached hydrogen (secondary N) is 2. The first kappa shape index (κ1) is 13.4. The highest BCUT2D eigenvalue weighted by atomic mass is 32.1. The molecule has 3 nitrogen and oxygen atoms in total. The molecule has 6 heteroatoms. The second kappa shape index (κ2) is 6.19. The molecule has 0 aliphatic heterocycles. The lowest BCUT2D eigenvalue weighted by molar-refractivity contribution is 0.586. The summed E-state index contributed by atoms with van der Waals surface area (Å²) < 4.78 is 26.1. The fraction of sp³-hybridized carbons (Fsp3) is 0.0769. The van der Waals surface area contributed by atoms with E-state index >= 15 is 0 Å². The molecule has 0 aliphatic carbocycles. The van der Waals surface area contributed by atoms with Crippen molar-refractivity contribution in [2.24, 2.45) is 0 Å². The van der Waals surface area contributed by atoms with Crippen molar-refractivity contribution in [3.63, 3.8) is 0 Å². The molecule has 0 saturated carbocycles. The molecule has 0 spiro atoms. The number of hydrogen-bond acceptors (Lipinski definition) is 2. The van der Waals surface area contributed by atoms with E-state index in [0.29, 0.717) is 6.54 Å². The zero-order chi connectivity index (χ0) is 13.7. The lowest BCUT2D eigenvalue weighted by atomic mass is 10.3. The summed E-state index contributed by atoms with van der Waals surface area (Å²) in [5, 5.41) is 5.83. The quantitative estimate of drug-likeness (QED) is 0.847. The Bertz CT molecular complexity index is 575. The maximum Gasteiger partial charge on any atom is 0.171 e. The van der Waals surface area contributed by atoms with Crippen LogP contribution in [0.2, 0.25) is 0 Å². The fourth-order valence-electron chi connectivity index (χ4n) is 1.44. The molecule has 0 radical (unpaired) electrons. The van der Waals surface area contributed by atoms with Gasteiger partial charge in [-0.3, -0.25) is 4.98 Å². The smallest absolute Gasteiger partial charge is 0.171 e. The van der Waals surface area contributed by atoms with Crippen LogP contribution in [0.3, 0.4) is 0 Å².